The minimum absolute atomic E-state index is 0. The van der Waals surface area contributed by atoms with Gasteiger partial charge in [-0.3, -0.25) is 9.59 Å². The molecule has 0 radical (unpaired) electrons. The average Bonchev–Trinajstić information content (AvgIpc) is 2.95. The third kappa shape index (κ3) is 4.29. The van der Waals surface area contributed by atoms with Crippen LogP contribution in [-0.4, -0.2) is 43.3 Å². The van der Waals surface area contributed by atoms with Gasteiger partial charge in [0.1, 0.15) is 0 Å². The van der Waals surface area contributed by atoms with Gasteiger partial charge in [-0.15, -0.1) is 12.4 Å². The zero-order chi connectivity index (χ0) is 14.5. The van der Waals surface area contributed by atoms with Gasteiger partial charge in [0, 0.05) is 30.6 Å². The smallest absolute Gasteiger partial charge is 0.253 e. The molecule has 1 saturated heterocycles. The lowest BCUT2D eigenvalue weighted by atomic mass is 10.1. The molecule has 0 spiro atoms. The van der Waals surface area contributed by atoms with Crippen LogP contribution in [0.3, 0.4) is 0 Å². The lowest BCUT2D eigenvalue weighted by Crippen LogP contribution is -2.30. The molecule has 1 aliphatic heterocycles. The Kier molecular flexibility index (Phi) is 6.85. The van der Waals surface area contributed by atoms with E-state index in [4.69, 9.17) is 0 Å². The number of halogens is 1. The molecule has 1 heterocycles. The van der Waals surface area contributed by atoms with Crippen molar-refractivity contribution >= 4 is 24.1 Å². The van der Waals surface area contributed by atoms with E-state index >= 15 is 0 Å². The topological polar surface area (TPSA) is 49.4 Å². The van der Waals surface area contributed by atoms with Crippen LogP contribution in [0.2, 0.25) is 0 Å². The molecule has 0 bridgehead atoms. The van der Waals surface area contributed by atoms with Crippen molar-refractivity contribution < 1.29 is 9.59 Å². The Morgan fingerprint density at radius 1 is 1.24 bits per heavy atom. The summed E-state index contributed by atoms with van der Waals surface area (Å²) in [6, 6.07) is 7.02. The van der Waals surface area contributed by atoms with Crippen molar-refractivity contribution in [3.05, 3.63) is 35.4 Å². The van der Waals surface area contributed by atoms with Gasteiger partial charge in [0.15, 0.2) is 5.78 Å². The number of hydrogen-bond acceptors (Lipinski definition) is 3. The van der Waals surface area contributed by atoms with Crippen LogP contribution in [0.5, 0.6) is 0 Å². The summed E-state index contributed by atoms with van der Waals surface area (Å²) in [4.78, 5) is 25.8. The maximum atomic E-state index is 12.4. The van der Waals surface area contributed by atoms with Crippen molar-refractivity contribution in [1.82, 2.24) is 10.2 Å². The summed E-state index contributed by atoms with van der Waals surface area (Å²) in [5, 5.41) is 3.16. The second kappa shape index (κ2) is 8.15. The van der Waals surface area contributed by atoms with Gasteiger partial charge < -0.3 is 10.2 Å². The molecule has 0 aromatic heterocycles. The molecule has 0 saturated carbocycles. The third-order valence-electron chi connectivity index (χ3n) is 3.84. The lowest BCUT2D eigenvalue weighted by molar-refractivity contribution is 0.0786. The fourth-order valence-electron chi connectivity index (χ4n) is 2.66. The van der Waals surface area contributed by atoms with Crippen LogP contribution in [0.1, 0.15) is 40.5 Å². The first-order chi connectivity index (χ1) is 9.65. The molecular formula is C16H23ClN2O2. The Balaban J connectivity index is 0.00000220. The monoisotopic (exact) mass is 310 g/mol. The molecule has 116 valence electrons. The molecule has 0 aliphatic carbocycles. The predicted octanol–water partition coefficient (Wildman–Crippen LogP) is 2.38. The summed E-state index contributed by atoms with van der Waals surface area (Å²) in [6.07, 6.45) is 1.55. The van der Waals surface area contributed by atoms with Gasteiger partial charge in [0.05, 0.1) is 0 Å². The summed E-state index contributed by atoms with van der Waals surface area (Å²) < 4.78 is 0. The van der Waals surface area contributed by atoms with E-state index in [2.05, 4.69) is 5.32 Å². The molecule has 4 nitrogen and oxygen atoms in total. The van der Waals surface area contributed by atoms with Gasteiger partial charge in [-0.2, -0.15) is 0 Å². The molecule has 5 heteroatoms. The summed E-state index contributed by atoms with van der Waals surface area (Å²) in [7, 11) is 1.94. The molecule has 21 heavy (non-hydrogen) atoms. The molecule has 1 aromatic carbocycles. The molecule has 1 atom stereocenters. The Labute approximate surface area is 132 Å². The van der Waals surface area contributed by atoms with E-state index in [1.807, 2.05) is 18.9 Å². The molecule has 1 amide bonds. The predicted molar refractivity (Wildman–Crippen MR) is 86.2 cm³/mol. The van der Waals surface area contributed by atoms with E-state index < -0.39 is 0 Å². The number of carbonyl (C=O) groups is 2. The fraction of sp³-hybridized carbons (Fsp3) is 0.500. The Bertz CT molecular complexity index is 488. The zero-order valence-electron chi connectivity index (χ0n) is 12.6. The number of nitrogens with one attached hydrogen (secondary N) is 1. The lowest BCUT2D eigenvalue weighted by Gasteiger charge is -2.16. The Hall–Kier alpha value is -1.39. The zero-order valence-corrected chi connectivity index (χ0v) is 13.4. The van der Waals surface area contributed by atoms with Crippen molar-refractivity contribution in [2.45, 2.75) is 19.8 Å². The van der Waals surface area contributed by atoms with Crippen LogP contribution >= 0.6 is 12.4 Å². The first-order valence-electron chi connectivity index (χ1n) is 7.22. The highest BCUT2D eigenvalue weighted by molar-refractivity contribution is 5.98. The molecule has 1 aromatic rings. The molecule has 1 fully saturated rings. The van der Waals surface area contributed by atoms with Gasteiger partial charge in [-0.25, -0.2) is 0 Å². The number of amides is 1. The molecule has 2 rings (SSSR count). The molecule has 1 aliphatic rings. The van der Waals surface area contributed by atoms with Gasteiger partial charge >= 0.3 is 0 Å². The van der Waals surface area contributed by atoms with Crippen molar-refractivity contribution in [3.8, 4) is 0 Å². The van der Waals surface area contributed by atoms with E-state index in [-0.39, 0.29) is 24.1 Å². The van der Waals surface area contributed by atoms with Crippen molar-refractivity contribution in [2.75, 3.05) is 26.7 Å². The highest BCUT2D eigenvalue weighted by atomic mass is 35.5. The standard InChI is InChI=1S/C16H22N2O2.ClH/c1-3-15(19)13-4-6-14(7-5-13)16(20)18-9-8-12(11-18)10-17-2;/h4-7,12,17H,3,8-11H2,1-2H3;1H. The minimum atomic E-state index is 0. The number of likely N-dealkylation sites (tertiary alicyclic amines) is 1. The van der Waals surface area contributed by atoms with E-state index in [9.17, 15) is 9.59 Å². The maximum Gasteiger partial charge on any atom is 0.253 e. The minimum Gasteiger partial charge on any atom is -0.338 e. The Morgan fingerprint density at radius 2 is 1.86 bits per heavy atom. The number of hydrogen-bond donors (Lipinski definition) is 1. The summed E-state index contributed by atoms with van der Waals surface area (Å²) in [6.45, 7) is 4.43. The van der Waals surface area contributed by atoms with Crippen LogP contribution in [0, 0.1) is 5.92 Å². The number of benzene rings is 1. The van der Waals surface area contributed by atoms with E-state index in [0.29, 0.717) is 23.5 Å². The van der Waals surface area contributed by atoms with E-state index in [0.717, 1.165) is 26.1 Å². The normalized spacial score (nSPS) is 17.4. The summed E-state index contributed by atoms with van der Waals surface area (Å²) >= 11 is 0. The van der Waals surface area contributed by atoms with Crippen LogP contribution < -0.4 is 5.32 Å². The maximum absolute atomic E-state index is 12.4. The van der Waals surface area contributed by atoms with Crippen molar-refractivity contribution in [1.29, 1.82) is 0 Å². The van der Waals surface area contributed by atoms with Crippen molar-refractivity contribution in [3.63, 3.8) is 0 Å². The number of carbonyl (C=O) groups excluding carboxylic acids is 2. The highest BCUT2D eigenvalue weighted by Crippen LogP contribution is 2.18. The van der Waals surface area contributed by atoms with Crippen LogP contribution in [0.4, 0.5) is 0 Å². The second-order valence-electron chi connectivity index (χ2n) is 5.32. The largest absolute Gasteiger partial charge is 0.338 e. The fourth-order valence-corrected chi connectivity index (χ4v) is 2.66. The number of Topliss-reactive ketones (excluding diaryl/α,β-unsaturated/α-hetero) is 1. The van der Waals surface area contributed by atoms with Gasteiger partial charge in [0.25, 0.3) is 5.91 Å². The number of rotatable bonds is 5. The molecule has 1 unspecified atom stereocenters. The Morgan fingerprint density at radius 3 is 2.43 bits per heavy atom. The molecular weight excluding hydrogens is 288 g/mol. The van der Waals surface area contributed by atoms with Crippen LogP contribution in [0.25, 0.3) is 0 Å². The first-order valence-corrected chi connectivity index (χ1v) is 7.22. The average molecular weight is 311 g/mol. The van der Waals surface area contributed by atoms with E-state index in [1.54, 1.807) is 24.3 Å². The first kappa shape index (κ1) is 17.7. The van der Waals surface area contributed by atoms with Gasteiger partial charge in [-0.1, -0.05) is 19.1 Å². The summed E-state index contributed by atoms with van der Waals surface area (Å²) in [5.41, 5.74) is 1.35. The molecule has 1 N–H and O–H groups in total. The van der Waals surface area contributed by atoms with E-state index in [1.165, 1.54) is 0 Å². The van der Waals surface area contributed by atoms with Crippen LogP contribution in [-0.2, 0) is 0 Å². The third-order valence-corrected chi connectivity index (χ3v) is 3.84. The van der Waals surface area contributed by atoms with Crippen molar-refractivity contribution in [2.24, 2.45) is 5.92 Å². The second-order valence-corrected chi connectivity index (χ2v) is 5.32. The number of nitrogens with zero attached hydrogens (tertiary/aromatic N) is 1. The number of ketones is 1. The highest BCUT2D eigenvalue weighted by Gasteiger charge is 2.26. The summed E-state index contributed by atoms with van der Waals surface area (Å²) in [5.74, 6) is 0.725. The SMILES string of the molecule is CCC(=O)c1ccc(C(=O)N2CCC(CNC)C2)cc1.Cl. The van der Waals surface area contributed by atoms with Gasteiger partial charge in [-0.05, 0) is 38.1 Å². The van der Waals surface area contributed by atoms with Crippen LogP contribution in [0.15, 0.2) is 24.3 Å². The quantitative estimate of drug-likeness (QED) is 0.850. The van der Waals surface area contributed by atoms with Gasteiger partial charge in [0.2, 0.25) is 0 Å².